The van der Waals surface area contributed by atoms with E-state index in [-0.39, 0.29) is 10.9 Å². The van der Waals surface area contributed by atoms with E-state index in [4.69, 9.17) is 11.6 Å². The van der Waals surface area contributed by atoms with Gasteiger partial charge in [0.2, 0.25) is 10.0 Å². The molecule has 0 fully saturated rings. The standard InChI is InChI=1S/C18H16ClN3O3S2/c1-27(24,25)22-13-7-8-15(14(19)10-13)21-18(23)16-11-26-17(20-16)9-12-5-3-2-4-6-12/h2-8,10-11,22H,9H2,1H3,(H,21,23). The van der Waals surface area contributed by atoms with Crippen molar-refractivity contribution in [3.05, 3.63) is 75.2 Å². The molecule has 0 aliphatic carbocycles. The van der Waals surface area contributed by atoms with Crippen molar-refractivity contribution in [3.8, 4) is 0 Å². The molecule has 0 saturated carbocycles. The molecule has 0 spiro atoms. The van der Waals surface area contributed by atoms with E-state index in [1.54, 1.807) is 5.38 Å². The van der Waals surface area contributed by atoms with Gasteiger partial charge in [-0.3, -0.25) is 9.52 Å². The summed E-state index contributed by atoms with van der Waals surface area (Å²) in [4.78, 5) is 16.8. The number of hydrogen-bond donors (Lipinski definition) is 2. The minimum atomic E-state index is -3.40. The van der Waals surface area contributed by atoms with Crippen LogP contribution in [0, 0.1) is 0 Å². The second-order valence-corrected chi connectivity index (χ2v) is 8.91. The Hall–Kier alpha value is -2.42. The molecule has 1 amide bonds. The third-order valence-electron chi connectivity index (χ3n) is 3.50. The number of anilines is 2. The molecule has 0 atom stereocenters. The number of halogens is 1. The largest absolute Gasteiger partial charge is 0.319 e. The van der Waals surface area contributed by atoms with Crippen molar-refractivity contribution >= 4 is 50.2 Å². The normalized spacial score (nSPS) is 11.2. The van der Waals surface area contributed by atoms with Gasteiger partial charge in [0.25, 0.3) is 5.91 Å². The Labute approximate surface area is 166 Å². The number of rotatable bonds is 6. The lowest BCUT2D eigenvalue weighted by Crippen LogP contribution is -2.13. The van der Waals surface area contributed by atoms with Crippen LogP contribution in [0.25, 0.3) is 0 Å². The topological polar surface area (TPSA) is 88.2 Å². The lowest BCUT2D eigenvalue weighted by molar-refractivity contribution is 0.102. The van der Waals surface area contributed by atoms with Crippen molar-refractivity contribution in [2.75, 3.05) is 16.3 Å². The maximum Gasteiger partial charge on any atom is 0.275 e. The second-order valence-electron chi connectivity index (χ2n) is 5.81. The Balaban J connectivity index is 1.69. The van der Waals surface area contributed by atoms with Crippen LogP contribution >= 0.6 is 22.9 Å². The summed E-state index contributed by atoms with van der Waals surface area (Å²) in [5.74, 6) is -0.378. The zero-order valence-electron chi connectivity index (χ0n) is 14.3. The third-order valence-corrected chi connectivity index (χ3v) is 5.27. The van der Waals surface area contributed by atoms with Crippen LogP contribution in [0.1, 0.15) is 21.1 Å². The fourth-order valence-corrected chi connectivity index (χ4v) is 3.94. The van der Waals surface area contributed by atoms with Gasteiger partial charge in [-0.05, 0) is 23.8 Å². The first-order valence-corrected chi connectivity index (χ1v) is 11.0. The van der Waals surface area contributed by atoms with E-state index in [1.165, 1.54) is 29.5 Å². The van der Waals surface area contributed by atoms with Gasteiger partial charge in [0, 0.05) is 11.8 Å². The van der Waals surface area contributed by atoms with Gasteiger partial charge in [0.05, 0.1) is 27.7 Å². The summed E-state index contributed by atoms with van der Waals surface area (Å²) >= 11 is 7.55. The molecule has 0 saturated heterocycles. The fraction of sp³-hybridized carbons (Fsp3) is 0.111. The van der Waals surface area contributed by atoms with Crippen LogP contribution in [-0.2, 0) is 16.4 Å². The fourth-order valence-electron chi connectivity index (χ4n) is 2.35. The van der Waals surface area contributed by atoms with Gasteiger partial charge < -0.3 is 5.32 Å². The molecule has 3 rings (SSSR count). The molecule has 0 radical (unpaired) electrons. The number of benzene rings is 2. The first-order chi connectivity index (χ1) is 12.8. The molecule has 140 valence electrons. The number of nitrogens with one attached hydrogen (secondary N) is 2. The number of hydrogen-bond acceptors (Lipinski definition) is 5. The number of sulfonamides is 1. The Bertz CT molecular complexity index is 1070. The van der Waals surface area contributed by atoms with Crippen LogP contribution in [0.3, 0.4) is 0 Å². The summed E-state index contributed by atoms with van der Waals surface area (Å²) in [6.45, 7) is 0. The second kappa shape index (κ2) is 8.08. The summed E-state index contributed by atoms with van der Waals surface area (Å²) < 4.78 is 24.8. The van der Waals surface area contributed by atoms with Crippen molar-refractivity contribution < 1.29 is 13.2 Å². The first-order valence-electron chi connectivity index (χ1n) is 7.87. The van der Waals surface area contributed by atoms with Crippen LogP contribution in [0.5, 0.6) is 0 Å². The van der Waals surface area contributed by atoms with Gasteiger partial charge >= 0.3 is 0 Å². The van der Waals surface area contributed by atoms with Gasteiger partial charge in [-0.15, -0.1) is 11.3 Å². The van der Waals surface area contributed by atoms with Crippen LogP contribution in [0.2, 0.25) is 5.02 Å². The maximum atomic E-state index is 12.4. The lowest BCUT2D eigenvalue weighted by atomic mass is 10.2. The highest BCUT2D eigenvalue weighted by Crippen LogP contribution is 2.26. The first kappa shape index (κ1) is 19.3. The highest BCUT2D eigenvalue weighted by Gasteiger charge is 2.14. The molecule has 0 unspecified atom stereocenters. The number of aromatic nitrogens is 1. The van der Waals surface area contributed by atoms with Crippen molar-refractivity contribution in [2.45, 2.75) is 6.42 Å². The number of amides is 1. The van der Waals surface area contributed by atoms with Crippen molar-refractivity contribution in [2.24, 2.45) is 0 Å². The minimum Gasteiger partial charge on any atom is -0.319 e. The molecule has 0 aliphatic heterocycles. The highest BCUT2D eigenvalue weighted by atomic mass is 35.5. The quantitative estimate of drug-likeness (QED) is 0.629. The molecule has 0 aliphatic rings. The number of thiazole rings is 1. The minimum absolute atomic E-state index is 0.219. The monoisotopic (exact) mass is 421 g/mol. The third kappa shape index (κ3) is 5.53. The molecule has 0 bridgehead atoms. The van der Waals surface area contributed by atoms with Crippen LogP contribution in [-0.4, -0.2) is 25.6 Å². The molecule has 3 aromatic rings. The molecule has 27 heavy (non-hydrogen) atoms. The average molecular weight is 422 g/mol. The van der Waals surface area contributed by atoms with Crippen LogP contribution in [0.4, 0.5) is 11.4 Å². The van der Waals surface area contributed by atoms with E-state index in [0.717, 1.165) is 16.8 Å². The maximum absolute atomic E-state index is 12.4. The van der Waals surface area contributed by atoms with Crippen molar-refractivity contribution in [1.82, 2.24) is 4.98 Å². The summed E-state index contributed by atoms with van der Waals surface area (Å²) in [7, 11) is -3.40. The smallest absolute Gasteiger partial charge is 0.275 e. The predicted octanol–water partition coefficient (Wildman–Crippen LogP) is 4.01. The highest BCUT2D eigenvalue weighted by molar-refractivity contribution is 7.92. The number of nitrogens with zero attached hydrogens (tertiary/aromatic N) is 1. The summed E-state index contributed by atoms with van der Waals surface area (Å²) in [6.07, 6.45) is 1.71. The predicted molar refractivity (Wildman–Crippen MR) is 109 cm³/mol. The Morgan fingerprint density at radius 2 is 1.93 bits per heavy atom. The van der Waals surface area contributed by atoms with E-state index in [1.807, 2.05) is 30.3 Å². The number of carbonyl (C=O) groups is 1. The Morgan fingerprint density at radius 1 is 1.19 bits per heavy atom. The molecule has 1 heterocycles. The Kier molecular flexibility index (Phi) is 5.79. The lowest BCUT2D eigenvalue weighted by Gasteiger charge is -2.09. The summed E-state index contributed by atoms with van der Waals surface area (Å²) in [6, 6.07) is 14.4. The van der Waals surface area contributed by atoms with Crippen LogP contribution in [0.15, 0.2) is 53.9 Å². The molecule has 2 aromatic carbocycles. The average Bonchev–Trinajstić information content (AvgIpc) is 3.05. The molecular weight excluding hydrogens is 406 g/mol. The Morgan fingerprint density at radius 3 is 2.59 bits per heavy atom. The van der Waals surface area contributed by atoms with Gasteiger partial charge in [-0.2, -0.15) is 0 Å². The molecule has 2 N–H and O–H groups in total. The zero-order chi connectivity index (χ0) is 19.4. The molecular formula is C18H16ClN3O3S2. The van der Waals surface area contributed by atoms with Gasteiger partial charge in [0.1, 0.15) is 5.69 Å². The number of carbonyl (C=O) groups excluding carboxylic acids is 1. The summed E-state index contributed by atoms with van der Waals surface area (Å²) in [5.41, 5.74) is 2.12. The van der Waals surface area contributed by atoms with Gasteiger partial charge in [-0.1, -0.05) is 41.9 Å². The van der Waals surface area contributed by atoms with E-state index >= 15 is 0 Å². The molecule has 1 aromatic heterocycles. The molecule has 6 nitrogen and oxygen atoms in total. The van der Waals surface area contributed by atoms with E-state index < -0.39 is 10.0 Å². The molecule has 9 heteroatoms. The van der Waals surface area contributed by atoms with Crippen molar-refractivity contribution in [3.63, 3.8) is 0 Å². The van der Waals surface area contributed by atoms with E-state index in [9.17, 15) is 13.2 Å². The van der Waals surface area contributed by atoms with E-state index in [2.05, 4.69) is 15.0 Å². The van der Waals surface area contributed by atoms with E-state index in [0.29, 0.717) is 23.5 Å². The zero-order valence-corrected chi connectivity index (χ0v) is 16.7. The summed E-state index contributed by atoms with van der Waals surface area (Å²) in [5, 5.41) is 5.44. The van der Waals surface area contributed by atoms with Crippen molar-refractivity contribution in [1.29, 1.82) is 0 Å². The SMILES string of the molecule is CS(=O)(=O)Nc1ccc(NC(=O)c2csc(Cc3ccccc3)n2)c(Cl)c1. The van der Waals surface area contributed by atoms with Gasteiger partial charge in [-0.25, -0.2) is 13.4 Å². The van der Waals surface area contributed by atoms with Gasteiger partial charge in [0.15, 0.2) is 0 Å². The van der Waals surface area contributed by atoms with Crippen LogP contribution < -0.4 is 10.0 Å².